The van der Waals surface area contributed by atoms with Crippen molar-refractivity contribution < 1.29 is 0 Å². The zero-order valence-electron chi connectivity index (χ0n) is 11.3. The maximum atomic E-state index is 4.37. The third-order valence-electron chi connectivity index (χ3n) is 3.03. The van der Waals surface area contributed by atoms with Crippen LogP contribution in [0.5, 0.6) is 0 Å². The van der Waals surface area contributed by atoms with Gasteiger partial charge in [-0.3, -0.25) is 0 Å². The third-order valence-corrected chi connectivity index (χ3v) is 3.03. The van der Waals surface area contributed by atoms with Gasteiger partial charge in [0.05, 0.1) is 0 Å². The van der Waals surface area contributed by atoms with Crippen molar-refractivity contribution in [2.24, 2.45) is 11.3 Å². The van der Waals surface area contributed by atoms with Gasteiger partial charge < -0.3 is 5.32 Å². The second-order valence-corrected chi connectivity index (χ2v) is 5.62. The van der Waals surface area contributed by atoms with E-state index in [4.69, 9.17) is 0 Å². The Labute approximate surface area is 98.7 Å². The average Bonchev–Trinajstić information content (AvgIpc) is 2.11. The van der Waals surface area contributed by atoms with E-state index in [0.717, 1.165) is 23.9 Å². The number of hydrogen-bond donors (Lipinski definition) is 1. The molecule has 1 heterocycles. The summed E-state index contributed by atoms with van der Waals surface area (Å²) in [6.45, 7) is 13.9. The fraction of sp³-hybridized carbons (Fsp3) is 0.692. The van der Waals surface area contributed by atoms with Gasteiger partial charge in [0, 0.05) is 17.9 Å². The van der Waals surface area contributed by atoms with Crippen molar-refractivity contribution in [1.29, 1.82) is 0 Å². The number of hydrogen-bond acceptors (Lipinski definition) is 3. The molecule has 0 saturated carbocycles. The molecule has 0 amide bonds. The van der Waals surface area contributed by atoms with Crippen LogP contribution in [0.4, 0.5) is 5.95 Å². The molecule has 1 aromatic rings. The molecule has 0 aromatic carbocycles. The van der Waals surface area contributed by atoms with Crippen LogP contribution in [0.15, 0.2) is 6.07 Å². The maximum Gasteiger partial charge on any atom is 0.223 e. The van der Waals surface area contributed by atoms with Crippen LogP contribution in [0.25, 0.3) is 0 Å². The van der Waals surface area contributed by atoms with Gasteiger partial charge in [-0.15, -0.1) is 0 Å². The largest absolute Gasteiger partial charge is 0.354 e. The Bertz CT molecular complexity index is 332. The molecule has 0 radical (unpaired) electrons. The highest BCUT2D eigenvalue weighted by atomic mass is 15.1. The van der Waals surface area contributed by atoms with E-state index in [-0.39, 0.29) is 0 Å². The van der Waals surface area contributed by atoms with Crippen molar-refractivity contribution in [3.63, 3.8) is 0 Å². The Morgan fingerprint density at radius 3 is 2.12 bits per heavy atom. The van der Waals surface area contributed by atoms with Crippen molar-refractivity contribution >= 4 is 5.95 Å². The molecule has 0 saturated heterocycles. The van der Waals surface area contributed by atoms with E-state index in [1.165, 1.54) is 0 Å². The molecule has 0 aliphatic rings. The molecule has 1 unspecified atom stereocenters. The Morgan fingerprint density at radius 2 is 1.69 bits per heavy atom. The Balaban J connectivity index is 2.61. The molecule has 90 valence electrons. The van der Waals surface area contributed by atoms with Crippen LogP contribution in [0.2, 0.25) is 0 Å². The third kappa shape index (κ3) is 3.80. The number of nitrogens with zero attached hydrogens (tertiary/aromatic N) is 2. The van der Waals surface area contributed by atoms with E-state index in [1.807, 2.05) is 19.9 Å². The van der Waals surface area contributed by atoms with Gasteiger partial charge in [-0.05, 0) is 31.2 Å². The number of aryl methyl sites for hydroxylation is 2. The van der Waals surface area contributed by atoms with Crippen LogP contribution in [0.1, 0.15) is 39.1 Å². The summed E-state index contributed by atoms with van der Waals surface area (Å²) in [6.07, 6.45) is 0. The van der Waals surface area contributed by atoms with Gasteiger partial charge in [-0.1, -0.05) is 27.7 Å². The SMILES string of the molecule is Cc1cc(C)nc(NCC(C)C(C)(C)C)n1. The van der Waals surface area contributed by atoms with Crippen LogP contribution in [-0.4, -0.2) is 16.5 Å². The first-order valence-corrected chi connectivity index (χ1v) is 5.85. The standard InChI is InChI=1S/C13H23N3/c1-9(13(4,5)6)8-14-12-15-10(2)7-11(3)16-12/h7,9H,8H2,1-6H3,(H,14,15,16). The predicted octanol–water partition coefficient (Wildman–Crippen LogP) is 3.19. The summed E-state index contributed by atoms with van der Waals surface area (Å²) >= 11 is 0. The average molecular weight is 221 g/mol. The smallest absolute Gasteiger partial charge is 0.223 e. The van der Waals surface area contributed by atoms with Crippen molar-refractivity contribution in [3.8, 4) is 0 Å². The summed E-state index contributed by atoms with van der Waals surface area (Å²) in [5, 5.41) is 3.31. The van der Waals surface area contributed by atoms with E-state index in [9.17, 15) is 0 Å². The predicted molar refractivity (Wildman–Crippen MR) is 68.6 cm³/mol. The minimum atomic E-state index is 0.311. The molecule has 0 spiro atoms. The van der Waals surface area contributed by atoms with Gasteiger partial charge >= 0.3 is 0 Å². The summed E-state index contributed by atoms with van der Waals surface area (Å²) in [4.78, 5) is 8.73. The number of anilines is 1. The summed E-state index contributed by atoms with van der Waals surface area (Å²) in [7, 11) is 0. The summed E-state index contributed by atoms with van der Waals surface area (Å²) < 4.78 is 0. The Kier molecular flexibility index (Phi) is 3.89. The Hall–Kier alpha value is -1.12. The zero-order chi connectivity index (χ0) is 12.3. The van der Waals surface area contributed by atoms with Crippen molar-refractivity contribution in [3.05, 3.63) is 17.5 Å². The second kappa shape index (κ2) is 4.81. The van der Waals surface area contributed by atoms with E-state index in [0.29, 0.717) is 11.3 Å². The number of aromatic nitrogens is 2. The molecule has 3 nitrogen and oxygen atoms in total. The van der Waals surface area contributed by atoms with Crippen LogP contribution in [-0.2, 0) is 0 Å². The first-order valence-electron chi connectivity index (χ1n) is 5.85. The Morgan fingerprint density at radius 1 is 1.19 bits per heavy atom. The first-order chi connectivity index (χ1) is 7.29. The minimum Gasteiger partial charge on any atom is -0.354 e. The lowest BCUT2D eigenvalue weighted by molar-refractivity contribution is 0.274. The molecule has 1 aromatic heterocycles. The summed E-state index contributed by atoms with van der Waals surface area (Å²) in [5.74, 6) is 1.32. The molecule has 0 aliphatic heterocycles. The van der Waals surface area contributed by atoms with Crippen molar-refractivity contribution in [2.45, 2.75) is 41.5 Å². The lowest BCUT2D eigenvalue weighted by Crippen LogP contribution is -2.25. The number of nitrogens with one attached hydrogen (secondary N) is 1. The molecule has 1 atom stereocenters. The quantitative estimate of drug-likeness (QED) is 0.851. The van der Waals surface area contributed by atoms with E-state index < -0.39 is 0 Å². The van der Waals surface area contributed by atoms with Crippen molar-refractivity contribution in [1.82, 2.24) is 9.97 Å². The zero-order valence-corrected chi connectivity index (χ0v) is 11.3. The molecule has 1 N–H and O–H groups in total. The topological polar surface area (TPSA) is 37.8 Å². The monoisotopic (exact) mass is 221 g/mol. The molecule has 3 heteroatoms. The van der Waals surface area contributed by atoms with Crippen LogP contribution in [0, 0.1) is 25.2 Å². The van der Waals surface area contributed by atoms with E-state index >= 15 is 0 Å². The van der Waals surface area contributed by atoms with Crippen molar-refractivity contribution in [2.75, 3.05) is 11.9 Å². The summed E-state index contributed by atoms with van der Waals surface area (Å²) in [5.41, 5.74) is 2.34. The lowest BCUT2D eigenvalue weighted by Gasteiger charge is -2.27. The molecule has 1 rings (SSSR count). The van der Waals surface area contributed by atoms with Gasteiger partial charge in [0.1, 0.15) is 0 Å². The fourth-order valence-electron chi connectivity index (χ4n) is 1.36. The molecule has 0 bridgehead atoms. The van der Waals surface area contributed by atoms with Gasteiger partial charge in [-0.2, -0.15) is 0 Å². The molecule has 16 heavy (non-hydrogen) atoms. The van der Waals surface area contributed by atoms with Gasteiger partial charge in [0.2, 0.25) is 5.95 Å². The van der Waals surface area contributed by atoms with Crippen LogP contribution < -0.4 is 5.32 Å². The fourth-order valence-corrected chi connectivity index (χ4v) is 1.36. The minimum absolute atomic E-state index is 0.311. The van der Waals surface area contributed by atoms with Gasteiger partial charge in [-0.25, -0.2) is 9.97 Å². The molecule has 0 aliphatic carbocycles. The maximum absolute atomic E-state index is 4.37. The van der Waals surface area contributed by atoms with E-state index in [1.54, 1.807) is 0 Å². The van der Waals surface area contributed by atoms with E-state index in [2.05, 4.69) is 43.0 Å². The highest BCUT2D eigenvalue weighted by molar-refractivity contribution is 5.27. The first kappa shape index (κ1) is 12.9. The number of rotatable bonds is 3. The second-order valence-electron chi connectivity index (χ2n) is 5.62. The van der Waals surface area contributed by atoms with Gasteiger partial charge in [0.25, 0.3) is 0 Å². The highest BCUT2D eigenvalue weighted by Crippen LogP contribution is 2.25. The summed E-state index contributed by atoms with van der Waals surface area (Å²) in [6, 6.07) is 1.98. The highest BCUT2D eigenvalue weighted by Gasteiger charge is 2.19. The van der Waals surface area contributed by atoms with Gasteiger partial charge in [0.15, 0.2) is 0 Å². The normalized spacial score (nSPS) is 13.6. The van der Waals surface area contributed by atoms with Crippen LogP contribution in [0.3, 0.4) is 0 Å². The lowest BCUT2D eigenvalue weighted by atomic mass is 9.82. The molecular formula is C13H23N3. The molecular weight excluding hydrogens is 198 g/mol. The van der Waals surface area contributed by atoms with Crippen LogP contribution >= 0.6 is 0 Å². The molecule has 0 fully saturated rings.